The Morgan fingerprint density at radius 3 is 2.79 bits per heavy atom. The van der Waals surface area contributed by atoms with Crippen molar-refractivity contribution in [3.05, 3.63) is 35.4 Å². The van der Waals surface area contributed by atoms with Gasteiger partial charge in [0.25, 0.3) is 6.43 Å². The van der Waals surface area contributed by atoms with Gasteiger partial charge < -0.3 is 20.1 Å². The van der Waals surface area contributed by atoms with E-state index in [0.29, 0.717) is 24.2 Å². The van der Waals surface area contributed by atoms with Crippen LogP contribution >= 0.6 is 0 Å². The van der Waals surface area contributed by atoms with E-state index in [1.807, 2.05) is 0 Å². The summed E-state index contributed by atoms with van der Waals surface area (Å²) >= 11 is 0. The van der Waals surface area contributed by atoms with Crippen molar-refractivity contribution in [2.45, 2.75) is 64.0 Å². The van der Waals surface area contributed by atoms with E-state index >= 15 is 4.39 Å². The highest BCUT2D eigenvalue weighted by Crippen LogP contribution is 2.38. The number of H-pyrrole nitrogens is 1. The van der Waals surface area contributed by atoms with E-state index in [9.17, 15) is 13.6 Å². The molecule has 34 heavy (non-hydrogen) atoms. The molecule has 3 heterocycles. The number of fused-ring (bicyclic) bond motifs is 1. The molecule has 1 aliphatic rings. The molecule has 1 saturated carbocycles. The van der Waals surface area contributed by atoms with Crippen molar-refractivity contribution in [1.29, 1.82) is 0 Å². The second kappa shape index (κ2) is 9.87. The van der Waals surface area contributed by atoms with E-state index in [2.05, 4.69) is 30.8 Å². The summed E-state index contributed by atoms with van der Waals surface area (Å²) in [5, 5.41) is 12.4. The van der Waals surface area contributed by atoms with E-state index in [0.717, 1.165) is 0 Å². The number of rotatable bonds is 8. The number of carbonyl (C=O) groups is 1. The van der Waals surface area contributed by atoms with E-state index in [-0.39, 0.29) is 30.1 Å². The number of nitrogens with zero attached hydrogens (tertiary/aromatic N) is 4. The zero-order chi connectivity index (χ0) is 24.4. The Kier molecular flexibility index (Phi) is 6.91. The molecule has 3 aromatic rings. The SMILES string of the molecule is COCc1cn2c(Nc3cc([C@@H]4CC[C@H](OC(=O)NC(C)C)[C@H]4F)[nH]n3)nc(C(F)F)cc2n1. The summed E-state index contributed by atoms with van der Waals surface area (Å²) in [6.45, 7) is 3.77. The summed E-state index contributed by atoms with van der Waals surface area (Å²) in [6, 6.07) is 2.67. The molecule has 0 unspecified atom stereocenters. The van der Waals surface area contributed by atoms with Crippen molar-refractivity contribution in [2.75, 3.05) is 12.4 Å². The maximum Gasteiger partial charge on any atom is 0.407 e. The van der Waals surface area contributed by atoms with Crippen LogP contribution in [0.4, 0.5) is 29.7 Å². The van der Waals surface area contributed by atoms with Crippen LogP contribution in [-0.4, -0.2) is 56.1 Å². The van der Waals surface area contributed by atoms with Gasteiger partial charge in [0.05, 0.1) is 12.3 Å². The minimum absolute atomic E-state index is 0.0792. The lowest BCUT2D eigenvalue weighted by atomic mass is 10.0. The number of halogens is 3. The number of carbonyl (C=O) groups excluding carboxylic acids is 1. The maximum atomic E-state index is 15.0. The fraction of sp³-hybridized carbons (Fsp3) is 0.524. The lowest BCUT2D eigenvalue weighted by molar-refractivity contribution is 0.0555. The van der Waals surface area contributed by atoms with Crippen molar-refractivity contribution in [2.24, 2.45) is 0 Å². The van der Waals surface area contributed by atoms with Gasteiger partial charge in [0.2, 0.25) is 5.95 Å². The van der Waals surface area contributed by atoms with Gasteiger partial charge in [0.15, 0.2) is 5.82 Å². The summed E-state index contributed by atoms with van der Waals surface area (Å²) in [5.41, 5.74) is 0.868. The third-order valence-electron chi connectivity index (χ3n) is 5.44. The van der Waals surface area contributed by atoms with Crippen molar-refractivity contribution >= 4 is 23.5 Å². The van der Waals surface area contributed by atoms with E-state index in [4.69, 9.17) is 9.47 Å². The first-order valence-electron chi connectivity index (χ1n) is 10.8. The van der Waals surface area contributed by atoms with Gasteiger partial charge in [0, 0.05) is 43.1 Å². The number of imidazole rings is 1. The first kappa shape index (κ1) is 23.8. The average molecular weight is 481 g/mol. The molecule has 0 radical (unpaired) electrons. The minimum Gasteiger partial charge on any atom is -0.443 e. The van der Waals surface area contributed by atoms with Crippen LogP contribution in [0.25, 0.3) is 5.65 Å². The second-order valence-electron chi connectivity index (χ2n) is 8.40. The van der Waals surface area contributed by atoms with E-state index in [1.54, 1.807) is 26.1 Å². The van der Waals surface area contributed by atoms with Gasteiger partial charge in [-0.2, -0.15) is 5.10 Å². The fourth-order valence-corrected chi connectivity index (χ4v) is 3.96. The second-order valence-corrected chi connectivity index (χ2v) is 8.40. The van der Waals surface area contributed by atoms with Crippen LogP contribution in [0.1, 0.15) is 56.1 Å². The van der Waals surface area contributed by atoms with Gasteiger partial charge in [-0.05, 0) is 26.7 Å². The smallest absolute Gasteiger partial charge is 0.407 e. The Balaban J connectivity index is 1.51. The normalized spacial score (nSPS) is 20.4. The van der Waals surface area contributed by atoms with Crippen molar-refractivity contribution in [3.63, 3.8) is 0 Å². The predicted molar refractivity (Wildman–Crippen MR) is 116 cm³/mol. The molecule has 4 rings (SSSR count). The van der Waals surface area contributed by atoms with Crippen LogP contribution in [-0.2, 0) is 16.1 Å². The van der Waals surface area contributed by atoms with Gasteiger partial charge in [0.1, 0.15) is 23.6 Å². The van der Waals surface area contributed by atoms with Crippen LogP contribution in [0.2, 0.25) is 0 Å². The van der Waals surface area contributed by atoms with Crippen molar-refractivity contribution < 1.29 is 27.4 Å². The molecular weight excluding hydrogens is 455 g/mol. The third-order valence-corrected chi connectivity index (χ3v) is 5.44. The largest absolute Gasteiger partial charge is 0.443 e. The third kappa shape index (κ3) is 5.08. The molecule has 3 N–H and O–H groups in total. The van der Waals surface area contributed by atoms with Gasteiger partial charge in [-0.25, -0.2) is 27.9 Å². The molecule has 1 amide bonds. The van der Waals surface area contributed by atoms with Crippen molar-refractivity contribution in [1.82, 2.24) is 29.9 Å². The number of hydrogen-bond donors (Lipinski definition) is 3. The van der Waals surface area contributed by atoms with Gasteiger partial charge in [-0.1, -0.05) is 0 Å². The molecule has 3 atom stereocenters. The quantitative estimate of drug-likeness (QED) is 0.445. The minimum atomic E-state index is -2.79. The number of alkyl carbamates (subject to hydrolysis) is 1. The Labute approximate surface area is 193 Å². The number of amides is 1. The number of aromatic nitrogens is 5. The highest BCUT2D eigenvalue weighted by molar-refractivity contribution is 5.67. The van der Waals surface area contributed by atoms with Gasteiger partial charge in [-0.3, -0.25) is 9.50 Å². The first-order valence-corrected chi connectivity index (χ1v) is 10.8. The molecule has 3 aromatic heterocycles. The Morgan fingerprint density at radius 2 is 2.09 bits per heavy atom. The molecule has 0 aromatic carbocycles. The molecule has 0 spiro atoms. The standard InChI is InChI=1S/C21H26F3N7O3/c1-10(2)25-21(32)34-15-5-4-12(18(15)22)13-6-16(30-29-13)28-20-27-14(19(23)24)7-17-26-11(9-33-3)8-31(17)20/h6-8,10,12,15,18-19H,4-5,9H2,1-3H3,(H,25,32)(H2,27,28,29,30)/t12-,15-,18-/m0/s1. The zero-order valence-corrected chi connectivity index (χ0v) is 18.9. The Bertz CT molecular complexity index is 1150. The monoisotopic (exact) mass is 481 g/mol. The number of alkyl halides is 3. The van der Waals surface area contributed by atoms with Crippen LogP contribution in [0.15, 0.2) is 18.3 Å². The van der Waals surface area contributed by atoms with Gasteiger partial charge >= 0.3 is 6.09 Å². The predicted octanol–water partition coefficient (Wildman–Crippen LogP) is 4.00. The number of hydrogen-bond acceptors (Lipinski definition) is 7. The molecule has 0 aliphatic heterocycles. The lowest BCUT2D eigenvalue weighted by Crippen LogP contribution is -2.36. The number of methoxy groups -OCH3 is 1. The van der Waals surface area contributed by atoms with E-state index in [1.165, 1.54) is 17.6 Å². The summed E-state index contributed by atoms with van der Waals surface area (Å²) in [6.07, 6.45) is -3.28. The molecule has 13 heteroatoms. The molecule has 0 bridgehead atoms. The number of aromatic amines is 1. The number of ether oxygens (including phenoxy) is 2. The molecule has 10 nitrogen and oxygen atoms in total. The summed E-state index contributed by atoms with van der Waals surface area (Å²) < 4.78 is 53.5. The maximum absolute atomic E-state index is 15.0. The van der Waals surface area contributed by atoms with Crippen molar-refractivity contribution in [3.8, 4) is 0 Å². The molecule has 1 aliphatic carbocycles. The number of nitrogens with one attached hydrogen (secondary N) is 3. The molecule has 184 valence electrons. The topological polar surface area (TPSA) is 118 Å². The molecule has 0 saturated heterocycles. The van der Waals surface area contributed by atoms with Crippen LogP contribution < -0.4 is 10.6 Å². The Hall–Kier alpha value is -3.35. The van der Waals surface area contributed by atoms with Crippen LogP contribution in [0.3, 0.4) is 0 Å². The Morgan fingerprint density at radius 1 is 1.29 bits per heavy atom. The highest BCUT2D eigenvalue weighted by atomic mass is 19.3. The fourth-order valence-electron chi connectivity index (χ4n) is 3.96. The number of anilines is 2. The summed E-state index contributed by atoms with van der Waals surface area (Å²) in [7, 11) is 1.50. The average Bonchev–Trinajstić information content (AvgIpc) is 3.47. The van der Waals surface area contributed by atoms with Crippen LogP contribution in [0, 0.1) is 0 Å². The lowest BCUT2D eigenvalue weighted by Gasteiger charge is -2.18. The molecular formula is C21H26F3N7O3. The highest BCUT2D eigenvalue weighted by Gasteiger charge is 2.41. The summed E-state index contributed by atoms with van der Waals surface area (Å²) in [5.74, 6) is -0.205. The van der Waals surface area contributed by atoms with Gasteiger partial charge in [-0.15, -0.1) is 0 Å². The summed E-state index contributed by atoms with van der Waals surface area (Å²) in [4.78, 5) is 20.1. The first-order chi connectivity index (χ1) is 16.2. The van der Waals surface area contributed by atoms with E-state index < -0.39 is 36.4 Å². The molecule has 1 fully saturated rings. The zero-order valence-electron chi connectivity index (χ0n) is 18.9. The van der Waals surface area contributed by atoms with Crippen LogP contribution in [0.5, 0.6) is 0 Å².